The minimum Gasteiger partial charge on any atom is -0.381 e. The Kier molecular flexibility index (Phi) is 5.76. The largest absolute Gasteiger partial charge is 0.381 e. The lowest BCUT2D eigenvalue weighted by Gasteiger charge is -2.29. The quantitative estimate of drug-likeness (QED) is 0.541. The number of pyridine rings is 1. The molecule has 3 aromatic rings. The maximum atomic E-state index is 12.2. The Morgan fingerprint density at radius 2 is 2.03 bits per heavy atom. The molecule has 182 valence electrons. The topological polar surface area (TPSA) is 80.6 Å². The molecule has 3 aliphatic heterocycles. The zero-order valence-corrected chi connectivity index (χ0v) is 20.2. The molecular formula is C27H31N5O3. The second kappa shape index (κ2) is 9.07. The number of aromatic nitrogens is 3. The number of hydrogen-bond acceptors (Lipinski definition) is 6. The maximum Gasteiger partial charge on any atom is 0.219 e. The fourth-order valence-corrected chi connectivity index (χ4v) is 5.81. The Hall–Kier alpha value is -3.26. The molecule has 0 N–H and O–H groups in total. The summed E-state index contributed by atoms with van der Waals surface area (Å²) in [6.07, 6.45) is 6.62. The predicted molar refractivity (Wildman–Crippen MR) is 133 cm³/mol. The first-order chi connectivity index (χ1) is 17.1. The highest BCUT2D eigenvalue weighted by Gasteiger charge is 2.31. The summed E-state index contributed by atoms with van der Waals surface area (Å²) in [5.41, 5.74) is 4.42. The lowest BCUT2D eigenvalue weighted by molar-refractivity contribution is -0.129. The third-order valence-corrected chi connectivity index (χ3v) is 7.81. The minimum absolute atomic E-state index is 0.0868. The number of carbonyl (C=O) groups excluding carboxylic acids is 2. The molecule has 3 aliphatic rings. The van der Waals surface area contributed by atoms with Crippen LogP contribution >= 0.6 is 0 Å². The number of ether oxygens (including phenoxy) is 1. The molecule has 8 nitrogen and oxygen atoms in total. The van der Waals surface area contributed by atoms with E-state index in [4.69, 9.17) is 14.8 Å². The molecule has 8 heteroatoms. The van der Waals surface area contributed by atoms with Gasteiger partial charge in [0, 0.05) is 87.1 Å². The van der Waals surface area contributed by atoms with Crippen LogP contribution in [-0.4, -0.2) is 64.7 Å². The van der Waals surface area contributed by atoms with Crippen molar-refractivity contribution < 1.29 is 14.3 Å². The summed E-state index contributed by atoms with van der Waals surface area (Å²) in [6.45, 7) is 6.07. The third-order valence-electron chi connectivity index (χ3n) is 7.81. The van der Waals surface area contributed by atoms with Gasteiger partial charge in [-0.05, 0) is 30.7 Å². The van der Waals surface area contributed by atoms with Gasteiger partial charge in [0.15, 0.2) is 0 Å². The lowest BCUT2D eigenvalue weighted by Crippen LogP contribution is -2.35. The van der Waals surface area contributed by atoms with Gasteiger partial charge >= 0.3 is 0 Å². The van der Waals surface area contributed by atoms with Crippen LogP contribution < -0.4 is 4.90 Å². The minimum atomic E-state index is 0.0868. The van der Waals surface area contributed by atoms with Crippen LogP contribution in [0.25, 0.3) is 22.0 Å². The van der Waals surface area contributed by atoms with Gasteiger partial charge in [-0.2, -0.15) is 5.10 Å². The van der Waals surface area contributed by atoms with E-state index in [0.29, 0.717) is 12.6 Å². The van der Waals surface area contributed by atoms with Crippen LogP contribution in [0.15, 0.2) is 30.5 Å². The second-order valence-electron chi connectivity index (χ2n) is 9.95. The summed E-state index contributed by atoms with van der Waals surface area (Å²) >= 11 is 0. The lowest BCUT2D eigenvalue weighted by atomic mass is 9.97. The highest BCUT2D eigenvalue weighted by Crippen LogP contribution is 2.37. The van der Waals surface area contributed by atoms with E-state index in [1.54, 1.807) is 6.92 Å². The Morgan fingerprint density at radius 3 is 2.80 bits per heavy atom. The molecule has 1 atom stereocenters. The van der Waals surface area contributed by atoms with Crippen molar-refractivity contribution in [2.45, 2.75) is 45.2 Å². The van der Waals surface area contributed by atoms with Crippen molar-refractivity contribution in [1.82, 2.24) is 19.7 Å². The molecule has 5 heterocycles. The summed E-state index contributed by atoms with van der Waals surface area (Å²) in [4.78, 5) is 32.3. The van der Waals surface area contributed by atoms with E-state index in [1.807, 2.05) is 11.1 Å². The van der Waals surface area contributed by atoms with Gasteiger partial charge in [0.25, 0.3) is 0 Å². The Balaban J connectivity index is 1.43. The molecule has 1 amide bonds. The molecule has 0 bridgehead atoms. The van der Waals surface area contributed by atoms with Gasteiger partial charge < -0.3 is 19.3 Å². The number of carbonyl (C=O) groups is 2. The number of hydrogen-bond donors (Lipinski definition) is 0. The molecule has 0 unspecified atom stereocenters. The smallest absolute Gasteiger partial charge is 0.219 e. The number of amides is 1. The standard InChI is InChI=1S/C27H31N5O3/c1-18(34)30-10-6-25-24(16-30)27(29-32(25)21-7-11-35-12-8-21)22-4-2-3-20-13-26(28-14-23(20)22)31-9-5-19(15-31)17-33/h2-4,13-14,17,19,21H,5-12,15-16H2,1H3/t19-/m0/s1. The third kappa shape index (κ3) is 3.99. The van der Waals surface area contributed by atoms with Crippen LogP contribution in [0.2, 0.25) is 0 Å². The van der Waals surface area contributed by atoms with E-state index in [-0.39, 0.29) is 11.8 Å². The number of anilines is 1. The average molecular weight is 474 g/mol. The molecule has 1 aromatic carbocycles. The van der Waals surface area contributed by atoms with Gasteiger partial charge in [-0.25, -0.2) is 4.98 Å². The first-order valence-corrected chi connectivity index (χ1v) is 12.6. The Bertz CT molecular complexity index is 1280. The van der Waals surface area contributed by atoms with E-state index >= 15 is 0 Å². The fourth-order valence-electron chi connectivity index (χ4n) is 5.81. The molecule has 35 heavy (non-hydrogen) atoms. The first-order valence-electron chi connectivity index (χ1n) is 12.6. The van der Waals surface area contributed by atoms with Crippen LogP contribution in [-0.2, 0) is 27.3 Å². The summed E-state index contributed by atoms with van der Waals surface area (Å²) in [5.74, 6) is 1.10. The monoisotopic (exact) mass is 473 g/mol. The van der Waals surface area contributed by atoms with Crippen molar-refractivity contribution in [2.75, 3.05) is 37.7 Å². The van der Waals surface area contributed by atoms with Gasteiger partial charge in [-0.3, -0.25) is 9.48 Å². The molecular weight excluding hydrogens is 442 g/mol. The van der Waals surface area contributed by atoms with Crippen LogP contribution in [0.3, 0.4) is 0 Å². The number of benzene rings is 1. The zero-order chi connectivity index (χ0) is 23.9. The van der Waals surface area contributed by atoms with E-state index in [1.165, 1.54) is 5.69 Å². The number of rotatable bonds is 4. The molecule has 0 spiro atoms. The SMILES string of the molecule is CC(=O)N1CCc2c(c(-c3cccc4cc(N5CC[C@H](C=O)C5)ncc34)nn2C2CCOCC2)C1. The number of nitrogens with zero attached hydrogens (tertiary/aromatic N) is 5. The summed E-state index contributed by atoms with van der Waals surface area (Å²) in [6, 6.07) is 8.75. The maximum absolute atomic E-state index is 12.2. The van der Waals surface area contributed by atoms with E-state index in [9.17, 15) is 9.59 Å². The fraction of sp³-hybridized carbons (Fsp3) is 0.481. The number of aldehydes is 1. The number of fused-ring (bicyclic) bond motifs is 2. The van der Waals surface area contributed by atoms with Gasteiger partial charge in [-0.1, -0.05) is 18.2 Å². The van der Waals surface area contributed by atoms with E-state index in [0.717, 1.165) is 98.2 Å². The molecule has 0 radical (unpaired) electrons. The van der Waals surface area contributed by atoms with E-state index in [2.05, 4.69) is 33.8 Å². The molecule has 2 aromatic heterocycles. The van der Waals surface area contributed by atoms with Gasteiger partial charge in [0.2, 0.25) is 5.91 Å². The summed E-state index contributed by atoms with van der Waals surface area (Å²) in [5, 5.41) is 7.36. The van der Waals surface area contributed by atoms with Gasteiger partial charge in [0.05, 0.1) is 11.7 Å². The molecule has 0 aliphatic carbocycles. The van der Waals surface area contributed by atoms with Crippen LogP contribution in [0, 0.1) is 5.92 Å². The van der Waals surface area contributed by atoms with Crippen molar-refractivity contribution in [3.63, 3.8) is 0 Å². The van der Waals surface area contributed by atoms with Crippen molar-refractivity contribution >= 4 is 28.8 Å². The first kappa shape index (κ1) is 22.2. The Morgan fingerprint density at radius 1 is 1.17 bits per heavy atom. The van der Waals surface area contributed by atoms with Gasteiger partial charge in [-0.15, -0.1) is 0 Å². The van der Waals surface area contributed by atoms with Crippen LogP contribution in [0.1, 0.15) is 43.5 Å². The molecule has 2 fully saturated rings. The summed E-state index contributed by atoms with van der Waals surface area (Å²) in [7, 11) is 0. The summed E-state index contributed by atoms with van der Waals surface area (Å²) < 4.78 is 7.84. The van der Waals surface area contributed by atoms with Crippen molar-refractivity contribution in [2.24, 2.45) is 5.92 Å². The van der Waals surface area contributed by atoms with Gasteiger partial charge in [0.1, 0.15) is 12.1 Å². The molecule has 2 saturated heterocycles. The van der Waals surface area contributed by atoms with Crippen molar-refractivity contribution in [3.05, 3.63) is 41.7 Å². The zero-order valence-electron chi connectivity index (χ0n) is 20.2. The van der Waals surface area contributed by atoms with Crippen molar-refractivity contribution in [1.29, 1.82) is 0 Å². The second-order valence-corrected chi connectivity index (χ2v) is 9.95. The van der Waals surface area contributed by atoms with Crippen LogP contribution in [0.4, 0.5) is 5.82 Å². The average Bonchev–Trinajstić information content (AvgIpc) is 3.53. The highest BCUT2D eigenvalue weighted by molar-refractivity contribution is 5.97. The molecule has 0 saturated carbocycles. The molecule has 6 rings (SSSR count). The predicted octanol–water partition coefficient (Wildman–Crippen LogP) is 3.38. The van der Waals surface area contributed by atoms with E-state index < -0.39 is 0 Å². The highest BCUT2D eigenvalue weighted by atomic mass is 16.5. The van der Waals surface area contributed by atoms with Crippen molar-refractivity contribution in [3.8, 4) is 11.3 Å². The normalized spacial score (nSPS) is 20.9. The Labute approximate surface area is 204 Å². The van der Waals surface area contributed by atoms with Crippen LogP contribution in [0.5, 0.6) is 0 Å².